The van der Waals surface area contributed by atoms with Crippen molar-refractivity contribution in [1.82, 2.24) is 4.98 Å². The lowest BCUT2D eigenvalue weighted by molar-refractivity contribution is 1.01. The molecule has 2 nitrogen and oxygen atoms in total. The highest BCUT2D eigenvalue weighted by atomic mass is 32.1. The van der Waals surface area contributed by atoms with E-state index < -0.39 is 0 Å². The Morgan fingerprint density at radius 1 is 1.24 bits per heavy atom. The average Bonchev–Trinajstić information content (AvgIpc) is 2.71. The molecule has 0 radical (unpaired) electrons. The van der Waals surface area contributed by atoms with Gasteiger partial charge in [-0.1, -0.05) is 12.1 Å². The third kappa shape index (κ3) is 2.86. The van der Waals surface area contributed by atoms with Gasteiger partial charge in [0.2, 0.25) is 0 Å². The van der Waals surface area contributed by atoms with Crippen molar-refractivity contribution in [2.24, 2.45) is 0 Å². The molecule has 2 aromatic rings. The molecule has 0 atom stereocenters. The Kier molecular flexibility index (Phi) is 3.79. The number of anilines is 1. The maximum absolute atomic E-state index is 4.26. The lowest BCUT2D eigenvalue weighted by Crippen LogP contribution is -2.06. The highest BCUT2D eigenvalue weighted by Gasteiger charge is 2.02. The van der Waals surface area contributed by atoms with E-state index in [4.69, 9.17) is 0 Å². The maximum Gasteiger partial charge on any atom is 0.0797 e. The minimum absolute atomic E-state index is 0.966. The minimum Gasteiger partial charge on any atom is -0.384 e. The molecule has 0 unspecified atom stereocenters. The molecule has 0 fully saturated rings. The molecular formula is C14H18N2S. The van der Waals surface area contributed by atoms with Crippen LogP contribution in [0.2, 0.25) is 0 Å². The summed E-state index contributed by atoms with van der Waals surface area (Å²) in [4.78, 5) is 5.64. The Labute approximate surface area is 107 Å². The average molecular weight is 246 g/mol. The van der Waals surface area contributed by atoms with Gasteiger partial charge in [-0.2, -0.15) is 0 Å². The topological polar surface area (TPSA) is 24.9 Å². The second-order valence-electron chi connectivity index (χ2n) is 4.29. The van der Waals surface area contributed by atoms with Crippen LogP contribution in [0.25, 0.3) is 0 Å². The van der Waals surface area contributed by atoms with Crippen molar-refractivity contribution in [3.8, 4) is 0 Å². The SMILES string of the molecule is Cc1cccc(NCCc2scnc2C)c1C. The number of hydrogen-bond acceptors (Lipinski definition) is 3. The van der Waals surface area contributed by atoms with Crippen LogP contribution in [0, 0.1) is 20.8 Å². The molecule has 0 saturated carbocycles. The number of nitrogens with one attached hydrogen (secondary N) is 1. The van der Waals surface area contributed by atoms with E-state index in [2.05, 4.69) is 49.3 Å². The summed E-state index contributed by atoms with van der Waals surface area (Å²) < 4.78 is 0. The molecule has 17 heavy (non-hydrogen) atoms. The molecule has 2 rings (SSSR count). The van der Waals surface area contributed by atoms with Gasteiger partial charge < -0.3 is 5.32 Å². The van der Waals surface area contributed by atoms with Gasteiger partial charge in [-0.3, -0.25) is 0 Å². The second kappa shape index (κ2) is 5.32. The van der Waals surface area contributed by atoms with Gasteiger partial charge in [0.1, 0.15) is 0 Å². The van der Waals surface area contributed by atoms with Gasteiger partial charge in [0.25, 0.3) is 0 Å². The molecular weight excluding hydrogens is 228 g/mol. The van der Waals surface area contributed by atoms with E-state index in [1.807, 2.05) is 5.51 Å². The summed E-state index contributed by atoms with van der Waals surface area (Å²) in [5.74, 6) is 0. The van der Waals surface area contributed by atoms with E-state index in [9.17, 15) is 0 Å². The van der Waals surface area contributed by atoms with Gasteiger partial charge in [-0.05, 0) is 38.0 Å². The third-order valence-electron chi connectivity index (χ3n) is 3.12. The zero-order valence-corrected chi connectivity index (χ0v) is 11.4. The first-order valence-corrected chi connectivity index (χ1v) is 6.75. The van der Waals surface area contributed by atoms with Crippen molar-refractivity contribution in [2.75, 3.05) is 11.9 Å². The van der Waals surface area contributed by atoms with Gasteiger partial charge in [-0.15, -0.1) is 11.3 Å². The molecule has 3 heteroatoms. The monoisotopic (exact) mass is 246 g/mol. The molecule has 0 saturated heterocycles. The van der Waals surface area contributed by atoms with Crippen LogP contribution in [-0.2, 0) is 6.42 Å². The number of rotatable bonds is 4. The van der Waals surface area contributed by atoms with Crippen LogP contribution in [0.3, 0.4) is 0 Å². The highest BCUT2D eigenvalue weighted by Crippen LogP contribution is 2.18. The first-order valence-electron chi connectivity index (χ1n) is 5.87. The van der Waals surface area contributed by atoms with E-state index in [1.54, 1.807) is 11.3 Å². The quantitative estimate of drug-likeness (QED) is 0.889. The van der Waals surface area contributed by atoms with Crippen molar-refractivity contribution < 1.29 is 0 Å². The van der Waals surface area contributed by atoms with Crippen LogP contribution >= 0.6 is 11.3 Å². The smallest absolute Gasteiger partial charge is 0.0797 e. The Morgan fingerprint density at radius 2 is 2.06 bits per heavy atom. The maximum atomic E-state index is 4.26. The molecule has 90 valence electrons. The lowest BCUT2D eigenvalue weighted by Gasteiger charge is -2.10. The van der Waals surface area contributed by atoms with Crippen molar-refractivity contribution in [1.29, 1.82) is 0 Å². The molecule has 1 N–H and O–H groups in total. The predicted octanol–water partition coefficient (Wildman–Crippen LogP) is 3.72. The molecule has 1 heterocycles. The summed E-state index contributed by atoms with van der Waals surface area (Å²) in [6, 6.07) is 6.39. The number of nitrogens with zero attached hydrogens (tertiary/aromatic N) is 1. The van der Waals surface area contributed by atoms with Crippen molar-refractivity contribution in [3.63, 3.8) is 0 Å². The summed E-state index contributed by atoms with van der Waals surface area (Å²) in [6.45, 7) is 7.35. The van der Waals surface area contributed by atoms with E-state index in [-0.39, 0.29) is 0 Å². The summed E-state index contributed by atoms with van der Waals surface area (Å²) >= 11 is 1.74. The van der Waals surface area contributed by atoms with E-state index >= 15 is 0 Å². The van der Waals surface area contributed by atoms with Gasteiger partial charge in [-0.25, -0.2) is 4.98 Å². The first-order chi connectivity index (χ1) is 8.18. The van der Waals surface area contributed by atoms with E-state index in [0.29, 0.717) is 0 Å². The Bertz CT molecular complexity index is 503. The van der Waals surface area contributed by atoms with Crippen molar-refractivity contribution >= 4 is 17.0 Å². The Morgan fingerprint density at radius 3 is 2.76 bits per heavy atom. The number of aromatic nitrogens is 1. The molecule has 1 aromatic carbocycles. The van der Waals surface area contributed by atoms with Crippen LogP contribution in [-0.4, -0.2) is 11.5 Å². The minimum atomic E-state index is 0.966. The predicted molar refractivity (Wildman–Crippen MR) is 75.0 cm³/mol. The Balaban J connectivity index is 1.95. The summed E-state index contributed by atoms with van der Waals surface area (Å²) in [6.07, 6.45) is 1.05. The van der Waals surface area contributed by atoms with Crippen LogP contribution in [0.5, 0.6) is 0 Å². The molecule has 0 spiro atoms. The van der Waals surface area contributed by atoms with E-state index in [0.717, 1.165) is 18.7 Å². The fraction of sp³-hybridized carbons (Fsp3) is 0.357. The number of hydrogen-bond donors (Lipinski definition) is 1. The van der Waals surface area contributed by atoms with Crippen LogP contribution in [0.15, 0.2) is 23.7 Å². The lowest BCUT2D eigenvalue weighted by atomic mass is 10.1. The molecule has 1 aromatic heterocycles. The fourth-order valence-corrected chi connectivity index (χ4v) is 2.60. The van der Waals surface area contributed by atoms with Gasteiger partial charge in [0.15, 0.2) is 0 Å². The van der Waals surface area contributed by atoms with Crippen LogP contribution < -0.4 is 5.32 Å². The summed E-state index contributed by atoms with van der Waals surface area (Å²) in [5, 5.41) is 3.50. The van der Waals surface area contributed by atoms with Crippen molar-refractivity contribution in [3.05, 3.63) is 45.4 Å². The number of aryl methyl sites for hydroxylation is 2. The van der Waals surface area contributed by atoms with E-state index in [1.165, 1.54) is 21.7 Å². The van der Waals surface area contributed by atoms with Gasteiger partial charge >= 0.3 is 0 Å². The summed E-state index contributed by atoms with van der Waals surface area (Å²) in [7, 11) is 0. The molecule has 0 aliphatic heterocycles. The largest absolute Gasteiger partial charge is 0.384 e. The molecule has 0 bridgehead atoms. The fourth-order valence-electron chi connectivity index (χ4n) is 1.82. The Hall–Kier alpha value is -1.35. The zero-order valence-electron chi connectivity index (χ0n) is 10.6. The van der Waals surface area contributed by atoms with Crippen molar-refractivity contribution in [2.45, 2.75) is 27.2 Å². The van der Waals surface area contributed by atoms with Crippen LogP contribution in [0.4, 0.5) is 5.69 Å². The number of thiazole rings is 1. The van der Waals surface area contributed by atoms with Crippen LogP contribution in [0.1, 0.15) is 21.7 Å². The normalized spacial score (nSPS) is 10.5. The third-order valence-corrected chi connectivity index (χ3v) is 4.11. The highest BCUT2D eigenvalue weighted by molar-refractivity contribution is 7.09. The summed E-state index contributed by atoms with van der Waals surface area (Å²) in [5.41, 5.74) is 7.00. The zero-order chi connectivity index (χ0) is 12.3. The van der Waals surface area contributed by atoms with Gasteiger partial charge in [0, 0.05) is 23.5 Å². The first kappa shape index (κ1) is 12.1. The molecule has 0 aliphatic carbocycles. The molecule has 0 amide bonds. The second-order valence-corrected chi connectivity index (χ2v) is 5.22. The standard InChI is InChI=1S/C14H18N2S/c1-10-5-4-6-13(11(10)2)15-8-7-14-12(3)16-9-17-14/h4-6,9,15H,7-8H2,1-3H3. The van der Waals surface area contributed by atoms with Gasteiger partial charge in [0.05, 0.1) is 11.2 Å². The molecule has 0 aliphatic rings. The number of benzene rings is 1.